The van der Waals surface area contributed by atoms with Gasteiger partial charge in [-0.15, -0.1) is 0 Å². The van der Waals surface area contributed by atoms with Crippen LogP contribution in [0.5, 0.6) is 0 Å². The second-order valence-corrected chi connectivity index (χ2v) is 16.0. The van der Waals surface area contributed by atoms with Gasteiger partial charge in [0.25, 0.3) is 0 Å². The van der Waals surface area contributed by atoms with E-state index in [0.717, 1.165) is 88.0 Å². The first kappa shape index (κ1) is 34.5. The number of rotatable bonds is 5. The zero-order valence-electron chi connectivity index (χ0n) is 33.3. The Morgan fingerprint density at radius 2 is 0.823 bits per heavy atom. The second-order valence-electron chi connectivity index (χ2n) is 16.0. The topological polar surface area (TPSA) is 56.7 Å². The van der Waals surface area contributed by atoms with Crippen molar-refractivity contribution in [1.29, 1.82) is 0 Å². The van der Waals surface area contributed by atoms with E-state index in [2.05, 4.69) is 205 Å². The van der Waals surface area contributed by atoms with Gasteiger partial charge in [-0.25, -0.2) is 15.0 Å². The Kier molecular flexibility index (Phi) is 7.54. The van der Waals surface area contributed by atoms with E-state index in [1.165, 1.54) is 21.5 Å². The van der Waals surface area contributed by atoms with Crippen molar-refractivity contribution in [3.05, 3.63) is 206 Å². The van der Waals surface area contributed by atoms with E-state index in [4.69, 9.17) is 19.4 Å². The predicted octanol–water partition coefficient (Wildman–Crippen LogP) is 15.0. The monoisotopic (exact) mass is 790 g/mol. The van der Waals surface area contributed by atoms with E-state index in [1.807, 2.05) is 6.07 Å². The summed E-state index contributed by atoms with van der Waals surface area (Å²) in [6.45, 7) is 0. The van der Waals surface area contributed by atoms with E-state index in [0.29, 0.717) is 17.5 Å². The highest BCUT2D eigenvalue weighted by Gasteiger charge is 2.23. The van der Waals surface area contributed by atoms with Crippen molar-refractivity contribution in [3.63, 3.8) is 0 Å². The maximum absolute atomic E-state index is 6.79. The van der Waals surface area contributed by atoms with E-state index in [-0.39, 0.29) is 0 Å². The van der Waals surface area contributed by atoms with Crippen molar-refractivity contribution >= 4 is 76.1 Å². The summed E-state index contributed by atoms with van der Waals surface area (Å²) in [6.07, 6.45) is 0. The number of fused-ring (bicyclic) bond motifs is 9. The van der Waals surface area contributed by atoms with Gasteiger partial charge in [-0.05, 0) is 85.9 Å². The minimum absolute atomic E-state index is 0.573. The molecular weight excluding hydrogens is 757 g/mol. The summed E-state index contributed by atoms with van der Waals surface area (Å²) < 4.78 is 9.16. The summed E-state index contributed by atoms with van der Waals surface area (Å²) in [5, 5.41) is 11.3. The third-order valence-corrected chi connectivity index (χ3v) is 12.4. The summed E-state index contributed by atoms with van der Waals surface area (Å²) in [4.78, 5) is 16.0. The van der Waals surface area contributed by atoms with Crippen LogP contribution in [0.2, 0.25) is 0 Å². The molecule has 0 spiro atoms. The first-order valence-corrected chi connectivity index (χ1v) is 20.9. The van der Waals surface area contributed by atoms with Crippen LogP contribution in [0.4, 0.5) is 0 Å². The molecule has 62 heavy (non-hydrogen) atoms. The van der Waals surface area contributed by atoms with Crippen molar-refractivity contribution in [1.82, 2.24) is 19.5 Å². The molecule has 13 rings (SSSR count). The Labute approximate surface area is 355 Å². The van der Waals surface area contributed by atoms with Gasteiger partial charge in [0.05, 0.1) is 16.7 Å². The van der Waals surface area contributed by atoms with Crippen molar-refractivity contribution in [2.45, 2.75) is 0 Å². The quantitative estimate of drug-likeness (QED) is 0.174. The number of benzene rings is 10. The van der Waals surface area contributed by atoms with Crippen molar-refractivity contribution in [2.75, 3.05) is 0 Å². The van der Waals surface area contributed by atoms with E-state index in [9.17, 15) is 0 Å². The van der Waals surface area contributed by atoms with Crippen LogP contribution in [0.3, 0.4) is 0 Å². The molecule has 0 aliphatic heterocycles. The van der Waals surface area contributed by atoms with Gasteiger partial charge in [0.2, 0.25) is 0 Å². The first-order valence-electron chi connectivity index (χ1n) is 20.9. The van der Waals surface area contributed by atoms with Gasteiger partial charge in [0.1, 0.15) is 11.2 Å². The van der Waals surface area contributed by atoms with E-state index >= 15 is 0 Å². The predicted molar refractivity (Wildman–Crippen MR) is 256 cm³/mol. The van der Waals surface area contributed by atoms with Crippen LogP contribution in [-0.2, 0) is 0 Å². The molecular formula is C57H34N4O. The van der Waals surface area contributed by atoms with E-state index in [1.54, 1.807) is 0 Å². The zero-order chi connectivity index (χ0) is 40.7. The minimum atomic E-state index is 0.573. The Balaban J connectivity index is 1.12. The lowest BCUT2D eigenvalue weighted by Crippen LogP contribution is -2.04. The van der Waals surface area contributed by atoms with Crippen molar-refractivity contribution in [2.24, 2.45) is 0 Å². The maximum atomic E-state index is 6.79. The summed E-state index contributed by atoms with van der Waals surface area (Å²) in [5.41, 5.74) is 9.70. The van der Waals surface area contributed by atoms with Crippen molar-refractivity contribution < 1.29 is 4.42 Å². The molecule has 0 atom stereocenters. The minimum Gasteiger partial charge on any atom is -0.456 e. The molecule has 10 aromatic carbocycles. The lowest BCUT2D eigenvalue weighted by atomic mass is 10.0. The highest BCUT2D eigenvalue weighted by molar-refractivity contribution is 6.16. The number of para-hydroxylation sites is 1. The van der Waals surface area contributed by atoms with Gasteiger partial charge in [-0.2, -0.15) is 0 Å². The van der Waals surface area contributed by atoms with Crippen LogP contribution in [-0.4, -0.2) is 19.5 Å². The molecule has 0 fully saturated rings. The summed E-state index contributed by atoms with van der Waals surface area (Å²) in [7, 11) is 0. The molecule has 288 valence electrons. The van der Waals surface area contributed by atoms with Gasteiger partial charge in [-0.3, -0.25) is 0 Å². The fraction of sp³-hybridized carbons (Fsp3) is 0. The normalized spacial score (nSPS) is 11.9. The Morgan fingerprint density at radius 1 is 0.306 bits per heavy atom. The Hall–Kier alpha value is -8.41. The number of hydrogen-bond donors (Lipinski definition) is 0. The molecule has 5 heteroatoms. The molecule has 0 radical (unpaired) electrons. The third-order valence-electron chi connectivity index (χ3n) is 12.4. The number of hydrogen-bond acceptors (Lipinski definition) is 4. The largest absolute Gasteiger partial charge is 0.456 e. The average molecular weight is 791 g/mol. The second kappa shape index (κ2) is 13.6. The van der Waals surface area contributed by atoms with Gasteiger partial charge < -0.3 is 8.98 Å². The van der Waals surface area contributed by atoms with Crippen LogP contribution in [0.25, 0.3) is 127 Å². The van der Waals surface area contributed by atoms with E-state index < -0.39 is 0 Å². The highest BCUT2D eigenvalue weighted by Crippen LogP contribution is 2.42. The maximum Gasteiger partial charge on any atom is 0.166 e. The average Bonchev–Trinajstić information content (AvgIpc) is 3.85. The Bertz CT molecular complexity index is 3920. The SMILES string of the molecule is c1ccc(-c2ccc(-c3nc(-c4ccc5ccccc5c4)nc(-c4cc5c(cc4-n4c6ccccc6c6cc7ccccc7cc64)oc4cc6ccccc6cc45)n3)cc2)cc1. The van der Waals surface area contributed by atoms with Crippen LogP contribution in [0, 0.1) is 0 Å². The molecule has 0 N–H and O–H groups in total. The number of nitrogens with zero attached hydrogens (tertiary/aromatic N) is 4. The molecule has 0 saturated carbocycles. The number of furan rings is 1. The lowest BCUT2D eigenvalue weighted by Gasteiger charge is -2.15. The molecule has 0 unspecified atom stereocenters. The summed E-state index contributed by atoms with van der Waals surface area (Å²) in [6, 6.07) is 72.9. The van der Waals surface area contributed by atoms with Gasteiger partial charge in [-0.1, -0.05) is 158 Å². The Morgan fingerprint density at radius 3 is 1.58 bits per heavy atom. The molecule has 0 saturated heterocycles. The smallest absolute Gasteiger partial charge is 0.166 e. The summed E-state index contributed by atoms with van der Waals surface area (Å²) >= 11 is 0. The number of aromatic nitrogens is 4. The highest BCUT2D eigenvalue weighted by atomic mass is 16.3. The van der Waals surface area contributed by atoms with Crippen LogP contribution in [0.1, 0.15) is 0 Å². The fourth-order valence-corrected chi connectivity index (χ4v) is 9.30. The molecule has 5 nitrogen and oxygen atoms in total. The fourth-order valence-electron chi connectivity index (χ4n) is 9.30. The summed E-state index contributed by atoms with van der Waals surface area (Å²) in [5.74, 6) is 1.77. The molecule has 3 heterocycles. The van der Waals surface area contributed by atoms with Crippen LogP contribution >= 0.6 is 0 Å². The molecule has 0 aliphatic carbocycles. The lowest BCUT2D eigenvalue weighted by molar-refractivity contribution is 0.669. The van der Waals surface area contributed by atoms with Crippen LogP contribution in [0.15, 0.2) is 211 Å². The van der Waals surface area contributed by atoms with Crippen molar-refractivity contribution in [3.8, 4) is 51.0 Å². The van der Waals surface area contributed by atoms with Gasteiger partial charge >= 0.3 is 0 Å². The standard InChI is InChI=1S/C57H34N4O/c1-2-12-35(13-3-1)37-22-25-38(26-23-37)55-58-56(44-27-24-36-14-4-5-15-39(36)28-44)60-57(59-55)49-33-48-47-30-41-17-7-9-19-43(41)32-53(47)62-54(48)34-52(49)61-50-21-11-10-20-45(50)46-29-40-16-6-8-18-42(40)31-51(46)61/h1-34H. The third kappa shape index (κ3) is 5.52. The molecule has 3 aromatic heterocycles. The first-order chi connectivity index (χ1) is 30.7. The van der Waals surface area contributed by atoms with Crippen LogP contribution < -0.4 is 0 Å². The van der Waals surface area contributed by atoms with Gasteiger partial charge in [0, 0.05) is 44.3 Å². The zero-order valence-corrected chi connectivity index (χ0v) is 33.3. The molecule has 0 amide bonds. The molecule has 0 bridgehead atoms. The molecule has 0 aliphatic rings. The van der Waals surface area contributed by atoms with Gasteiger partial charge in [0.15, 0.2) is 17.5 Å². The molecule has 13 aromatic rings.